The third kappa shape index (κ3) is 3.41. The van der Waals surface area contributed by atoms with Gasteiger partial charge in [-0.15, -0.1) is 5.10 Å². The number of ether oxygens (including phenoxy) is 1. The van der Waals surface area contributed by atoms with E-state index in [0.717, 1.165) is 31.6 Å². The fourth-order valence-corrected chi connectivity index (χ4v) is 2.74. The van der Waals surface area contributed by atoms with Gasteiger partial charge in [-0.2, -0.15) is 5.10 Å². The molecular formula is C16H17N7O2. The summed E-state index contributed by atoms with van der Waals surface area (Å²) in [6, 6.07) is 7.01. The number of nitrogens with zero attached hydrogens (tertiary/aromatic N) is 6. The Morgan fingerprint density at radius 1 is 1.24 bits per heavy atom. The first-order valence-corrected chi connectivity index (χ1v) is 8.10. The zero-order valence-corrected chi connectivity index (χ0v) is 13.4. The molecule has 0 radical (unpaired) electrons. The molecule has 3 heterocycles. The first-order valence-electron chi connectivity index (χ1n) is 8.10. The average Bonchev–Trinajstić information content (AvgIpc) is 3.35. The van der Waals surface area contributed by atoms with Gasteiger partial charge in [0, 0.05) is 12.2 Å². The van der Waals surface area contributed by atoms with Crippen molar-refractivity contribution in [1.29, 1.82) is 0 Å². The molecule has 9 heteroatoms. The second-order valence-electron chi connectivity index (χ2n) is 5.79. The molecule has 3 aromatic rings. The highest BCUT2D eigenvalue weighted by Crippen LogP contribution is 2.23. The van der Waals surface area contributed by atoms with Crippen molar-refractivity contribution in [2.24, 2.45) is 0 Å². The van der Waals surface area contributed by atoms with E-state index in [1.54, 1.807) is 41.3 Å². The second-order valence-corrected chi connectivity index (χ2v) is 5.79. The van der Waals surface area contributed by atoms with Crippen molar-refractivity contribution < 1.29 is 9.53 Å². The number of hydrogen-bond donors (Lipinski definition) is 1. The van der Waals surface area contributed by atoms with Crippen LogP contribution in [0.15, 0.2) is 43.0 Å². The number of carbonyl (C=O) groups is 1. The second kappa shape index (κ2) is 6.81. The fourth-order valence-electron chi connectivity index (χ4n) is 2.74. The number of tetrazole rings is 1. The lowest BCUT2D eigenvalue weighted by Crippen LogP contribution is -2.18. The summed E-state index contributed by atoms with van der Waals surface area (Å²) in [5.41, 5.74) is 1.96. The van der Waals surface area contributed by atoms with Crippen LogP contribution in [-0.4, -0.2) is 42.5 Å². The summed E-state index contributed by atoms with van der Waals surface area (Å²) < 4.78 is 8.97. The number of benzene rings is 1. The molecule has 1 aliphatic heterocycles. The molecule has 1 N–H and O–H groups in total. The Balaban J connectivity index is 1.42. The van der Waals surface area contributed by atoms with E-state index in [2.05, 4.69) is 25.9 Å². The molecule has 2 aromatic heterocycles. The molecule has 1 saturated heterocycles. The molecule has 1 aliphatic rings. The Hall–Kier alpha value is -3.07. The maximum absolute atomic E-state index is 12.4. The largest absolute Gasteiger partial charge is 0.357 e. The van der Waals surface area contributed by atoms with E-state index in [9.17, 15) is 4.79 Å². The maximum atomic E-state index is 12.4. The van der Waals surface area contributed by atoms with E-state index in [-0.39, 0.29) is 12.1 Å². The minimum atomic E-state index is -0.202. The van der Waals surface area contributed by atoms with E-state index >= 15 is 0 Å². The van der Waals surface area contributed by atoms with Crippen LogP contribution in [0.5, 0.6) is 0 Å². The van der Waals surface area contributed by atoms with E-state index in [0.29, 0.717) is 11.3 Å². The van der Waals surface area contributed by atoms with Crippen molar-refractivity contribution in [2.75, 3.05) is 11.9 Å². The molecular weight excluding hydrogens is 322 g/mol. The number of hydrogen-bond acceptors (Lipinski definition) is 6. The van der Waals surface area contributed by atoms with Crippen LogP contribution in [0.3, 0.4) is 0 Å². The van der Waals surface area contributed by atoms with E-state index in [4.69, 9.17) is 4.74 Å². The van der Waals surface area contributed by atoms with Gasteiger partial charge in [0.1, 0.15) is 12.6 Å². The van der Waals surface area contributed by atoms with Crippen LogP contribution < -0.4 is 5.32 Å². The first-order chi connectivity index (χ1) is 12.3. The molecule has 1 atom stereocenters. The number of rotatable bonds is 4. The lowest BCUT2D eigenvalue weighted by Gasteiger charge is -2.22. The lowest BCUT2D eigenvalue weighted by atomic mass is 10.2. The first kappa shape index (κ1) is 15.5. The summed E-state index contributed by atoms with van der Waals surface area (Å²) in [6.07, 6.45) is 8.02. The summed E-state index contributed by atoms with van der Waals surface area (Å²) in [6.45, 7) is 0.750. The number of aromatic nitrogens is 6. The van der Waals surface area contributed by atoms with Crippen LogP contribution in [-0.2, 0) is 4.74 Å². The Labute approximate surface area is 143 Å². The van der Waals surface area contributed by atoms with E-state index in [1.165, 1.54) is 11.0 Å². The lowest BCUT2D eigenvalue weighted by molar-refractivity contribution is -0.0394. The van der Waals surface area contributed by atoms with Crippen LogP contribution >= 0.6 is 0 Å². The summed E-state index contributed by atoms with van der Waals surface area (Å²) in [7, 11) is 0. The minimum absolute atomic E-state index is 0.0463. The number of amides is 1. The molecule has 1 amide bonds. The van der Waals surface area contributed by atoms with E-state index < -0.39 is 0 Å². The van der Waals surface area contributed by atoms with E-state index in [1.807, 2.05) is 0 Å². The summed E-state index contributed by atoms with van der Waals surface area (Å²) in [4.78, 5) is 12.4. The van der Waals surface area contributed by atoms with Gasteiger partial charge >= 0.3 is 0 Å². The smallest absolute Gasteiger partial charge is 0.255 e. The van der Waals surface area contributed by atoms with Gasteiger partial charge in [0.15, 0.2) is 0 Å². The fraction of sp³-hybridized carbons (Fsp3) is 0.312. The topological polar surface area (TPSA) is 99.8 Å². The molecule has 0 aliphatic carbocycles. The highest BCUT2D eigenvalue weighted by atomic mass is 16.5. The van der Waals surface area contributed by atoms with Crippen molar-refractivity contribution in [3.05, 3.63) is 48.5 Å². The van der Waals surface area contributed by atoms with Crippen molar-refractivity contribution >= 4 is 11.6 Å². The predicted octanol–water partition coefficient (Wildman–Crippen LogP) is 1.81. The van der Waals surface area contributed by atoms with Crippen LogP contribution in [0.1, 0.15) is 35.8 Å². The highest BCUT2D eigenvalue weighted by Gasteiger charge is 2.17. The quantitative estimate of drug-likeness (QED) is 0.778. The number of nitrogens with one attached hydrogen (secondary N) is 1. The highest BCUT2D eigenvalue weighted by molar-refractivity contribution is 6.04. The summed E-state index contributed by atoms with van der Waals surface area (Å²) >= 11 is 0. The normalized spacial score (nSPS) is 17.4. The summed E-state index contributed by atoms with van der Waals surface area (Å²) in [5.74, 6) is -0.202. The standard InChI is InChI=1S/C16H17N7O2/c24-16(12-4-6-14(7-5-12)23-11-17-20-21-23)19-13-9-18-22(10-13)15-3-1-2-8-25-15/h4-7,9-11,15H,1-3,8H2,(H,19,24). The zero-order valence-electron chi connectivity index (χ0n) is 13.4. The molecule has 4 rings (SSSR count). The minimum Gasteiger partial charge on any atom is -0.357 e. The summed E-state index contributed by atoms with van der Waals surface area (Å²) in [5, 5.41) is 18.1. The SMILES string of the molecule is O=C(Nc1cnn(C2CCCCO2)c1)c1ccc(-n2cnnn2)cc1. The van der Waals surface area contributed by atoms with Gasteiger partial charge in [-0.3, -0.25) is 4.79 Å². The van der Waals surface area contributed by atoms with Crippen molar-refractivity contribution in [3.8, 4) is 5.69 Å². The van der Waals surface area contributed by atoms with Gasteiger partial charge in [-0.25, -0.2) is 9.36 Å². The van der Waals surface area contributed by atoms with Crippen LogP contribution in [0.4, 0.5) is 5.69 Å². The van der Waals surface area contributed by atoms with Crippen molar-refractivity contribution in [3.63, 3.8) is 0 Å². The van der Waals surface area contributed by atoms with Gasteiger partial charge in [0.25, 0.3) is 5.91 Å². The van der Waals surface area contributed by atoms with Gasteiger partial charge in [-0.1, -0.05) is 0 Å². The molecule has 1 unspecified atom stereocenters. The molecule has 0 saturated carbocycles. The average molecular weight is 339 g/mol. The molecule has 0 spiro atoms. The van der Waals surface area contributed by atoms with Gasteiger partial charge in [0.05, 0.1) is 23.8 Å². The molecule has 25 heavy (non-hydrogen) atoms. The van der Waals surface area contributed by atoms with Crippen LogP contribution in [0, 0.1) is 0 Å². The van der Waals surface area contributed by atoms with Gasteiger partial charge < -0.3 is 10.1 Å². The zero-order chi connectivity index (χ0) is 17.1. The predicted molar refractivity (Wildman–Crippen MR) is 88.2 cm³/mol. The van der Waals surface area contributed by atoms with Crippen LogP contribution in [0.25, 0.3) is 5.69 Å². The third-order valence-electron chi connectivity index (χ3n) is 4.05. The van der Waals surface area contributed by atoms with Gasteiger partial charge in [-0.05, 0) is 54.0 Å². The molecule has 1 aromatic carbocycles. The Morgan fingerprint density at radius 3 is 2.84 bits per heavy atom. The Bertz CT molecular complexity index is 836. The van der Waals surface area contributed by atoms with Gasteiger partial charge in [0.2, 0.25) is 0 Å². The number of carbonyl (C=O) groups excluding carboxylic acids is 1. The number of anilines is 1. The molecule has 0 bridgehead atoms. The Kier molecular flexibility index (Phi) is 4.21. The van der Waals surface area contributed by atoms with Crippen molar-refractivity contribution in [2.45, 2.75) is 25.5 Å². The third-order valence-corrected chi connectivity index (χ3v) is 4.05. The molecule has 128 valence electrons. The Morgan fingerprint density at radius 2 is 2.12 bits per heavy atom. The molecule has 9 nitrogen and oxygen atoms in total. The molecule has 1 fully saturated rings. The van der Waals surface area contributed by atoms with Crippen LogP contribution in [0.2, 0.25) is 0 Å². The van der Waals surface area contributed by atoms with Crippen molar-refractivity contribution in [1.82, 2.24) is 30.0 Å². The monoisotopic (exact) mass is 339 g/mol. The maximum Gasteiger partial charge on any atom is 0.255 e.